The molecule has 4 heteroatoms. The van der Waals surface area contributed by atoms with Crippen LogP contribution in [0.2, 0.25) is 19.6 Å². The normalized spacial score (nSPS) is 10.1. The fourth-order valence-corrected chi connectivity index (χ4v) is 4.46. The molecule has 0 saturated heterocycles. The average molecular weight is 479 g/mol. The van der Waals surface area contributed by atoms with Crippen LogP contribution in [0.3, 0.4) is 0 Å². The van der Waals surface area contributed by atoms with Crippen molar-refractivity contribution in [3.63, 3.8) is 0 Å². The van der Waals surface area contributed by atoms with E-state index < -0.39 is 8.07 Å². The van der Waals surface area contributed by atoms with Crippen molar-refractivity contribution in [2.75, 3.05) is 0 Å². The monoisotopic (exact) mass is 476 g/mol. The number of halogens is 2. The topological polar surface area (TPSA) is 0 Å². The molecule has 0 aliphatic rings. The van der Waals surface area contributed by atoms with Crippen LogP contribution in [-0.2, 0) is 32.2 Å². The summed E-state index contributed by atoms with van der Waals surface area (Å²) in [6, 6.07) is 29.2. The molecule has 0 bridgehead atoms. The quantitative estimate of drug-likeness (QED) is 0.292. The molecular weight excluding hydrogens is 454 g/mol. The summed E-state index contributed by atoms with van der Waals surface area (Å²) in [7, 11) is -0.979. The molecule has 0 fully saturated rings. The van der Waals surface area contributed by atoms with Crippen molar-refractivity contribution in [2.24, 2.45) is 0 Å². The average Bonchev–Trinajstić information content (AvgIpc) is 3.14. The van der Waals surface area contributed by atoms with Crippen molar-refractivity contribution in [1.29, 1.82) is 0 Å². The van der Waals surface area contributed by atoms with Crippen LogP contribution in [0, 0.1) is 0 Å². The SMILES string of the molecule is C[Si](C)(C)Cc1c[cH-]c2ccccc12.[Cl-].[Cl-].[Zr+4].c1ccc2[cH-]ccc2c1. The van der Waals surface area contributed by atoms with Crippen LogP contribution in [0.1, 0.15) is 5.56 Å². The Bertz CT molecular complexity index is 873. The van der Waals surface area contributed by atoms with Gasteiger partial charge in [0, 0.05) is 8.07 Å². The third-order valence-corrected chi connectivity index (χ3v) is 5.48. The standard InChI is InChI=1S/C13H17Si.C9H7.2ClH.Zr/c1-14(2,3)10-12-9-8-11-6-4-5-7-13(11)12;1-2-5-9-7-3-6-8(9)4-1;;;/h4-9H,10H2,1-3H3;1-7H;2*1H;/q2*-1;;;+4/p-2. The Morgan fingerprint density at radius 1 is 0.769 bits per heavy atom. The third kappa shape index (κ3) is 6.82. The van der Waals surface area contributed by atoms with Crippen molar-refractivity contribution >= 4 is 29.6 Å². The van der Waals surface area contributed by atoms with Crippen LogP contribution in [0.15, 0.2) is 78.9 Å². The molecule has 0 spiro atoms. The van der Waals surface area contributed by atoms with E-state index in [-0.39, 0.29) is 51.0 Å². The molecule has 0 radical (unpaired) electrons. The maximum absolute atomic E-state index is 2.43. The van der Waals surface area contributed by atoms with Gasteiger partial charge in [-0.1, -0.05) is 37.8 Å². The number of benzene rings is 2. The summed E-state index contributed by atoms with van der Waals surface area (Å²) < 4.78 is 0. The molecule has 0 atom stereocenters. The minimum absolute atomic E-state index is 0. The molecule has 0 aliphatic heterocycles. The van der Waals surface area contributed by atoms with Gasteiger partial charge in [0.15, 0.2) is 0 Å². The Labute approximate surface area is 189 Å². The summed E-state index contributed by atoms with van der Waals surface area (Å²) in [6.45, 7) is 7.28. The Morgan fingerprint density at radius 3 is 2.04 bits per heavy atom. The van der Waals surface area contributed by atoms with Gasteiger partial charge in [0.2, 0.25) is 0 Å². The first-order valence-electron chi connectivity index (χ1n) is 8.27. The largest absolute Gasteiger partial charge is 4.00 e. The van der Waals surface area contributed by atoms with Gasteiger partial charge in [0.25, 0.3) is 0 Å². The second-order valence-electron chi connectivity index (χ2n) is 7.34. The van der Waals surface area contributed by atoms with Crippen molar-refractivity contribution in [2.45, 2.75) is 25.7 Å². The molecular formula is C22H24Cl2SiZr. The molecule has 0 N–H and O–H groups in total. The van der Waals surface area contributed by atoms with E-state index >= 15 is 0 Å². The van der Waals surface area contributed by atoms with Crippen molar-refractivity contribution in [3.8, 4) is 0 Å². The zero-order chi connectivity index (χ0) is 16.3. The van der Waals surface area contributed by atoms with Crippen molar-refractivity contribution in [3.05, 3.63) is 84.4 Å². The van der Waals surface area contributed by atoms with Gasteiger partial charge in [0.05, 0.1) is 0 Å². The minimum Gasteiger partial charge on any atom is -1.00 e. The van der Waals surface area contributed by atoms with Gasteiger partial charge in [-0.25, -0.2) is 0 Å². The van der Waals surface area contributed by atoms with Crippen molar-refractivity contribution in [1.82, 2.24) is 0 Å². The smallest absolute Gasteiger partial charge is 1.00 e. The molecule has 0 aliphatic carbocycles. The van der Waals surface area contributed by atoms with E-state index in [1.165, 1.54) is 27.6 Å². The summed E-state index contributed by atoms with van der Waals surface area (Å²) in [5, 5.41) is 5.51. The van der Waals surface area contributed by atoms with Crippen LogP contribution in [0.25, 0.3) is 21.5 Å². The predicted molar refractivity (Wildman–Crippen MR) is 106 cm³/mol. The van der Waals surface area contributed by atoms with Gasteiger partial charge in [-0.3, -0.25) is 0 Å². The van der Waals surface area contributed by atoms with Gasteiger partial charge in [-0.15, -0.1) is 64.7 Å². The first-order valence-corrected chi connectivity index (χ1v) is 12.0. The van der Waals surface area contributed by atoms with Gasteiger partial charge in [0.1, 0.15) is 0 Å². The maximum atomic E-state index is 2.43. The fourth-order valence-electron chi connectivity index (χ4n) is 3.01. The fraction of sp³-hybridized carbons (Fsp3) is 0.182. The summed E-state index contributed by atoms with van der Waals surface area (Å²) in [4.78, 5) is 0. The Balaban J connectivity index is 0.000000460. The summed E-state index contributed by atoms with van der Waals surface area (Å²) in [6.07, 6.45) is 0. The van der Waals surface area contributed by atoms with Crippen LogP contribution < -0.4 is 24.8 Å². The molecule has 26 heavy (non-hydrogen) atoms. The molecule has 0 amide bonds. The number of hydrogen-bond donors (Lipinski definition) is 0. The molecule has 134 valence electrons. The third-order valence-electron chi connectivity index (χ3n) is 4.04. The molecule has 0 unspecified atom stereocenters. The van der Waals surface area contributed by atoms with Crippen LogP contribution in [0.5, 0.6) is 0 Å². The number of fused-ring (bicyclic) bond motifs is 2. The molecule has 4 aromatic rings. The summed E-state index contributed by atoms with van der Waals surface area (Å²) in [5.41, 5.74) is 1.54. The summed E-state index contributed by atoms with van der Waals surface area (Å²) >= 11 is 0. The van der Waals surface area contributed by atoms with Crippen molar-refractivity contribution < 1.29 is 51.0 Å². The van der Waals surface area contributed by atoms with E-state index in [1.807, 2.05) is 0 Å². The van der Waals surface area contributed by atoms with Crippen LogP contribution >= 0.6 is 0 Å². The van der Waals surface area contributed by atoms with Gasteiger partial charge in [-0.05, 0) is 0 Å². The Morgan fingerprint density at radius 2 is 1.38 bits per heavy atom. The zero-order valence-electron chi connectivity index (χ0n) is 15.5. The van der Waals surface area contributed by atoms with Crippen LogP contribution in [0.4, 0.5) is 0 Å². The van der Waals surface area contributed by atoms with Gasteiger partial charge in [-0.2, -0.15) is 29.1 Å². The molecule has 0 aromatic heterocycles. The zero-order valence-corrected chi connectivity index (χ0v) is 20.4. The second kappa shape index (κ2) is 11.2. The number of hydrogen-bond acceptors (Lipinski definition) is 0. The van der Waals surface area contributed by atoms with E-state index in [2.05, 4.69) is 98.5 Å². The van der Waals surface area contributed by atoms with Gasteiger partial charge >= 0.3 is 26.2 Å². The predicted octanol–water partition coefficient (Wildman–Crippen LogP) is 0.543. The molecule has 0 heterocycles. The van der Waals surface area contributed by atoms with E-state index in [4.69, 9.17) is 0 Å². The minimum atomic E-state index is -0.979. The number of rotatable bonds is 2. The molecule has 4 aromatic carbocycles. The van der Waals surface area contributed by atoms with E-state index in [1.54, 1.807) is 5.56 Å². The van der Waals surface area contributed by atoms with Gasteiger partial charge < -0.3 is 24.8 Å². The maximum Gasteiger partial charge on any atom is 4.00 e. The Kier molecular flexibility index (Phi) is 11.0. The molecule has 4 rings (SSSR count). The van der Waals surface area contributed by atoms with E-state index in [0.29, 0.717) is 0 Å². The summed E-state index contributed by atoms with van der Waals surface area (Å²) in [5.74, 6) is 0. The van der Waals surface area contributed by atoms with E-state index in [9.17, 15) is 0 Å². The Hall–Kier alpha value is -0.660. The first-order chi connectivity index (χ1) is 11.0. The second-order valence-corrected chi connectivity index (χ2v) is 12.8. The molecule has 0 saturated carbocycles. The molecule has 0 nitrogen and oxygen atoms in total. The van der Waals surface area contributed by atoms with Crippen LogP contribution in [-0.4, -0.2) is 8.07 Å². The first kappa shape index (κ1) is 25.3. The van der Waals surface area contributed by atoms with E-state index in [0.717, 1.165) is 0 Å².